The maximum Gasteiger partial charge on any atom is 0.315 e. The molecule has 3 nitrogen and oxygen atoms in total. The second kappa shape index (κ2) is 5.70. The summed E-state index contributed by atoms with van der Waals surface area (Å²) in [6.07, 6.45) is 4.89. The lowest BCUT2D eigenvalue weighted by molar-refractivity contribution is -0.144. The minimum Gasteiger partial charge on any atom is -0.481 e. The van der Waals surface area contributed by atoms with Gasteiger partial charge in [0.1, 0.15) is 11.2 Å². The van der Waals surface area contributed by atoms with Gasteiger partial charge in [-0.3, -0.25) is 4.79 Å². The molecule has 19 heavy (non-hydrogen) atoms. The maximum absolute atomic E-state index is 13.4. The number of aliphatic carboxylic acids is 1. The molecule has 0 spiro atoms. The summed E-state index contributed by atoms with van der Waals surface area (Å²) in [5.41, 5.74) is 5.09. The van der Waals surface area contributed by atoms with Crippen LogP contribution >= 0.6 is 0 Å². The van der Waals surface area contributed by atoms with Crippen molar-refractivity contribution in [3.63, 3.8) is 0 Å². The van der Waals surface area contributed by atoms with Crippen LogP contribution in [0.25, 0.3) is 0 Å². The molecule has 1 aromatic carbocycles. The number of rotatable bonds is 5. The highest BCUT2D eigenvalue weighted by atomic mass is 19.1. The van der Waals surface area contributed by atoms with Gasteiger partial charge >= 0.3 is 5.97 Å². The van der Waals surface area contributed by atoms with E-state index in [2.05, 4.69) is 0 Å². The zero-order valence-corrected chi connectivity index (χ0v) is 10.9. The van der Waals surface area contributed by atoms with Crippen molar-refractivity contribution in [1.82, 2.24) is 0 Å². The van der Waals surface area contributed by atoms with E-state index >= 15 is 0 Å². The number of carbonyl (C=O) groups is 1. The summed E-state index contributed by atoms with van der Waals surface area (Å²) in [6, 6.07) is 5.84. The zero-order valence-electron chi connectivity index (χ0n) is 10.9. The van der Waals surface area contributed by atoms with Crippen molar-refractivity contribution in [2.75, 3.05) is 6.54 Å². The lowest BCUT2D eigenvalue weighted by Gasteiger charge is -2.31. The molecule has 1 saturated carbocycles. The van der Waals surface area contributed by atoms with Crippen LogP contribution in [0.3, 0.4) is 0 Å². The van der Waals surface area contributed by atoms with Crippen LogP contribution in [0.15, 0.2) is 24.3 Å². The highest BCUT2D eigenvalue weighted by Crippen LogP contribution is 2.38. The third-order valence-corrected chi connectivity index (χ3v) is 4.25. The Labute approximate surface area is 112 Å². The van der Waals surface area contributed by atoms with Crippen LogP contribution < -0.4 is 5.73 Å². The molecule has 0 amide bonds. The average molecular weight is 265 g/mol. The van der Waals surface area contributed by atoms with Gasteiger partial charge in [0.05, 0.1) is 0 Å². The number of hydrogen-bond donors (Lipinski definition) is 2. The second-order valence-corrected chi connectivity index (χ2v) is 5.46. The Balaban J connectivity index is 2.35. The topological polar surface area (TPSA) is 63.3 Å². The fourth-order valence-electron chi connectivity index (χ4n) is 3.11. The SMILES string of the molecule is NCC(CC1CCCC1)(C(=O)O)c1cccc(F)c1. The third kappa shape index (κ3) is 2.78. The summed E-state index contributed by atoms with van der Waals surface area (Å²) in [6.45, 7) is 0.00227. The molecular weight excluding hydrogens is 245 g/mol. The van der Waals surface area contributed by atoms with Gasteiger partial charge in [0.2, 0.25) is 0 Å². The molecule has 1 aromatic rings. The van der Waals surface area contributed by atoms with Crippen molar-refractivity contribution in [1.29, 1.82) is 0 Å². The van der Waals surface area contributed by atoms with Gasteiger partial charge in [0.15, 0.2) is 0 Å². The number of halogens is 1. The van der Waals surface area contributed by atoms with E-state index < -0.39 is 17.2 Å². The molecule has 3 N–H and O–H groups in total. The molecular formula is C15H20FNO2. The second-order valence-electron chi connectivity index (χ2n) is 5.46. The van der Waals surface area contributed by atoms with E-state index in [1.807, 2.05) is 0 Å². The lowest BCUT2D eigenvalue weighted by atomic mass is 9.73. The van der Waals surface area contributed by atoms with Crippen molar-refractivity contribution in [2.45, 2.75) is 37.5 Å². The Morgan fingerprint density at radius 2 is 2.11 bits per heavy atom. The summed E-state index contributed by atoms with van der Waals surface area (Å²) in [5.74, 6) is -0.988. The van der Waals surface area contributed by atoms with Gasteiger partial charge in [0.25, 0.3) is 0 Å². The first kappa shape index (κ1) is 14.0. The van der Waals surface area contributed by atoms with Crippen LogP contribution in [0, 0.1) is 11.7 Å². The van der Waals surface area contributed by atoms with Gasteiger partial charge in [-0.05, 0) is 30.0 Å². The molecule has 1 unspecified atom stereocenters. The van der Waals surface area contributed by atoms with Crippen LogP contribution in [0.1, 0.15) is 37.7 Å². The molecule has 104 valence electrons. The van der Waals surface area contributed by atoms with E-state index in [-0.39, 0.29) is 6.54 Å². The Morgan fingerprint density at radius 3 is 2.63 bits per heavy atom. The van der Waals surface area contributed by atoms with Crippen molar-refractivity contribution >= 4 is 5.97 Å². The zero-order chi connectivity index (χ0) is 13.9. The Bertz CT molecular complexity index is 457. The van der Waals surface area contributed by atoms with Gasteiger partial charge in [-0.25, -0.2) is 4.39 Å². The minimum absolute atomic E-state index is 0.00227. The van der Waals surface area contributed by atoms with Crippen molar-refractivity contribution < 1.29 is 14.3 Å². The molecule has 4 heteroatoms. The standard InChI is InChI=1S/C15H20FNO2/c16-13-7-3-6-12(8-13)15(10-17,14(18)19)9-11-4-1-2-5-11/h3,6-8,11H,1-2,4-5,9-10,17H2,(H,18,19). The lowest BCUT2D eigenvalue weighted by Crippen LogP contribution is -2.44. The van der Waals surface area contributed by atoms with E-state index in [9.17, 15) is 14.3 Å². The normalized spacial score (nSPS) is 19.3. The summed E-state index contributed by atoms with van der Waals surface area (Å²) < 4.78 is 13.4. The Kier molecular flexibility index (Phi) is 4.20. The largest absolute Gasteiger partial charge is 0.481 e. The van der Waals surface area contributed by atoms with Crippen molar-refractivity contribution in [3.05, 3.63) is 35.6 Å². The predicted molar refractivity (Wildman–Crippen MR) is 71.3 cm³/mol. The molecule has 1 aliphatic rings. The highest BCUT2D eigenvalue weighted by molar-refractivity contribution is 5.81. The van der Waals surface area contributed by atoms with Crippen LogP contribution in [-0.4, -0.2) is 17.6 Å². The highest BCUT2D eigenvalue weighted by Gasteiger charge is 2.41. The molecule has 1 aliphatic carbocycles. The van der Waals surface area contributed by atoms with E-state index in [1.54, 1.807) is 12.1 Å². The average Bonchev–Trinajstić information content (AvgIpc) is 2.88. The van der Waals surface area contributed by atoms with Gasteiger partial charge < -0.3 is 10.8 Å². The first-order valence-electron chi connectivity index (χ1n) is 6.78. The molecule has 1 fully saturated rings. The molecule has 0 saturated heterocycles. The van der Waals surface area contributed by atoms with Crippen molar-refractivity contribution in [3.8, 4) is 0 Å². The van der Waals surface area contributed by atoms with E-state index in [1.165, 1.54) is 12.1 Å². The molecule has 0 heterocycles. The smallest absolute Gasteiger partial charge is 0.315 e. The monoisotopic (exact) mass is 265 g/mol. The summed E-state index contributed by atoms with van der Waals surface area (Å²) >= 11 is 0. The van der Waals surface area contributed by atoms with Gasteiger partial charge in [-0.1, -0.05) is 37.8 Å². The van der Waals surface area contributed by atoms with Gasteiger partial charge in [-0.15, -0.1) is 0 Å². The Hall–Kier alpha value is -1.42. The quantitative estimate of drug-likeness (QED) is 0.860. The molecule has 0 bridgehead atoms. The van der Waals surface area contributed by atoms with E-state index in [4.69, 9.17) is 5.73 Å². The third-order valence-electron chi connectivity index (χ3n) is 4.25. The van der Waals surface area contributed by atoms with Crippen LogP contribution in [0.2, 0.25) is 0 Å². The number of nitrogens with two attached hydrogens (primary N) is 1. The fourth-order valence-corrected chi connectivity index (χ4v) is 3.11. The number of hydrogen-bond acceptors (Lipinski definition) is 2. The van der Waals surface area contributed by atoms with Crippen LogP contribution in [-0.2, 0) is 10.2 Å². The van der Waals surface area contributed by atoms with Gasteiger partial charge in [-0.2, -0.15) is 0 Å². The molecule has 0 radical (unpaired) electrons. The summed E-state index contributed by atoms with van der Waals surface area (Å²) in [7, 11) is 0. The number of carboxylic acid groups (broad SMARTS) is 1. The van der Waals surface area contributed by atoms with Crippen molar-refractivity contribution in [2.24, 2.45) is 11.7 Å². The predicted octanol–water partition coefficient (Wildman–Crippen LogP) is 2.69. The van der Waals surface area contributed by atoms with Crippen LogP contribution in [0.4, 0.5) is 4.39 Å². The summed E-state index contributed by atoms with van der Waals surface area (Å²) in [5, 5.41) is 9.63. The molecule has 1 atom stereocenters. The minimum atomic E-state index is -1.16. The molecule has 0 aliphatic heterocycles. The van der Waals surface area contributed by atoms with E-state index in [0.29, 0.717) is 17.9 Å². The molecule has 2 rings (SSSR count). The van der Waals surface area contributed by atoms with Gasteiger partial charge in [0, 0.05) is 6.54 Å². The first-order valence-corrected chi connectivity index (χ1v) is 6.78. The first-order chi connectivity index (χ1) is 9.08. The Morgan fingerprint density at radius 1 is 1.42 bits per heavy atom. The maximum atomic E-state index is 13.4. The van der Waals surface area contributed by atoms with E-state index in [0.717, 1.165) is 25.7 Å². The molecule has 0 aromatic heterocycles. The fraction of sp³-hybridized carbons (Fsp3) is 0.533. The summed E-state index contributed by atoms with van der Waals surface area (Å²) in [4.78, 5) is 11.7. The number of benzene rings is 1. The number of carboxylic acids is 1. The van der Waals surface area contributed by atoms with Crippen LogP contribution in [0.5, 0.6) is 0 Å².